The van der Waals surface area contributed by atoms with E-state index in [-0.39, 0.29) is 0 Å². The van der Waals surface area contributed by atoms with Crippen LogP contribution in [0.1, 0.15) is 23.6 Å². The molecule has 0 heterocycles. The van der Waals surface area contributed by atoms with Crippen molar-refractivity contribution >= 4 is 10.8 Å². The summed E-state index contributed by atoms with van der Waals surface area (Å²) in [6.07, 6.45) is 0. The van der Waals surface area contributed by atoms with Crippen LogP contribution in [0.25, 0.3) is 0 Å². The van der Waals surface area contributed by atoms with Gasteiger partial charge in [0.05, 0.1) is 0 Å². The SMILES string of the molecule is CCN([CH]=[Ni])c1c(C)cc(C)cc1C. The molecule has 0 bridgehead atoms. The van der Waals surface area contributed by atoms with Gasteiger partial charge in [0.25, 0.3) is 0 Å². The molecule has 0 N–H and O–H groups in total. The first-order valence-electron chi connectivity index (χ1n) is 4.84. The zero-order chi connectivity index (χ0) is 10.7. The predicted molar refractivity (Wildman–Crippen MR) is 59.7 cm³/mol. The van der Waals surface area contributed by atoms with E-state index >= 15 is 0 Å². The van der Waals surface area contributed by atoms with Gasteiger partial charge in [-0.1, -0.05) is 0 Å². The Morgan fingerprint density at radius 1 is 1.21 bits per heavy atom. The van der Waals surface area contributed by atoms with Crippen molar-refractivity contribution in [1.29, 1.82) is 0 Å². The molecular formula is C12H17NNi. The molecule has 0 atom stereocenters. The van der Waals surface area contributed by atoms with Gasteiger partial charge < -0.3 is 0 Å². The Bertz CT molecular complexity index is 321. The number of rotatable bonds is 3. The maximum atomic E-state index is 4.72. The third kappa shape index (κ3) is 2.24. The Kier molecular flexibility index (Phi) is 3.89. The first-order chi connectivity index (χ1) is 6.60. The molecule has 80 valence electrons. The summed E-state index contributed by atoms with van der Waals surface area (Å²) in [4.78, 5) is 2.13. The molecule has 0 saturated carbocycles. The van der Waals surface area contributed by atoms with Crippen LogP contribution in [0.3, 0.4) is 0 Å². The molecule has 0 amide bonds. The molecule has 0 spiro atoms. The van der Waals surface area contributed by atoms with Crippen LogP contribution in [0.4, 0.5) is 5.69 Å². The van der Waals surface area contributed by atoms with Crippen LogP contribution in [0.2, 0.25) is 0 Å². The normalized spacial score (nSPS) is 10.1. The molecule has 1 nitrogen and oxygen atoms in total. The van der Waals surface area contributed by atoms with E-state index < -0.39 is 0 Å². The Balaban J connectivity index is 3.25. The molecule has 14 heavy (non-hydrogen) atoms. The van der Waals surface area contributed by atoms with Crippen LogP contribution in [0.15, 0.2) is 12.1 Å². The van der Waals surface area contributed by atoms with Crippen molar-refractivity contribution in [3.05, 3.63) is 28.8 Å². The number of benzene rings is 1. The van der Waals surface area contributed by atoms with E-state index in [1.165, 1.54) is 22.4 Å². The monoisotopic (exact) mass is 233 g/mol. The second-order valence-electron chi connectivity index (χ2n) is 3.61. The van der Waals surface area contributed by atoms with E-state index in [0.29, 0.717) is 0 Å². The van der Waals surface area contributed by atoms with Gasteiger partial charge in [-0.2, -0.15) is 0 Å². The summed E-state index contributed by atoms with van der Waals surface area (Å²) < 4.78 is 0. The van der Waals surface area contributed by atoms with Gasteiger partial charge in [-0.05, 0) is 0 Å². The van der Waals surface area contributed by atoms with Crippen molar-refractivity contribution in [3.8, 4) is 0 Å². The van der Waals surface area contributed by atoms with E-state index in [0.717, 1.165) is 6.54 Å². The summed E-state index contributed by atoms with van der Waals surface area (Å²) in [6.45, 7) is 9.46. The molecule has 0 fully saturated rings. The van der Waals surface area contributed by atoms with E-state index in [2.05, 4.69) is 44.7 Å². The first kappa shape index (κ1) is 11.5. The molecular weight excluding hydrogens is 217 g/mol. The number of anilines is 1. The zero-order valence-corrected chi connectivity index (χ0v) is 10.2. The quantitative estimate of drug-likeness (QED) is 0.726. The van der Waals surface area contributed by atoms with Crippen molar-refractivity contribution < 1.29 is 15.0 Å². The molecule has 2 heteroatoms. The molecule has 0 saturated heterocycles. The van der Waals surface area contributed by atoms with Gasteiger partial charge in [-0.3, -0.25) is 0 Å². The van der Waals surface area contributed by atoms with Crippen molar-refractivity contribution in [3.63, 3.8) is 0 Å². The molecule has 0 aliphatic heterocycles. The van der Waals surface area contributed by atoms with Gasteiger partial charge in [-0.15, -0.1) is 0 Å². The first-order valence-corrected chi connectivity index (χ1v) is 5.41. The Labute approximate surface area is 94.0 Å². The molecule has 0 aliphatic carbocycles. The number of hydrogen-bond donors (Lipinski definition) is 0. The fraction of sp³-hybridized carbons (Fsp3) is 0.417. The van der Waals surface area contributed by atoms with Gasteiger partial charge in [0.1, 0.15) is 0 Å². The summed E-state index contributed by atoms with van der Waals surface area (Å²) in [5.41, 5.74) is 5.19. The maximum absolute atomic E-state index is 4.72. The summed E-state index contributed by atoms with van der Waals surface area (Å²) >= 11 is 4.72. The molecule has 1 rings (SSSR count). The van der Waals surface area contributed by atoms with Crippen LogP contribution >= 0.6 is 0 Å². The Morgan fingerprint density at radius 2 is 1.71 bits per heavy atom. The van der Waals surface area contributed by atoms with Gasteiger partial charge in [0, 0.05) is 0 Å². The number of nitrogens with zero attached hydrogens (tertiary/aromatic N) is 1. The third-order valence-corrected chi connectivity index (χ3v) is 2.67. The zero-order valence-electron chi connectivity index (χ0n) is 9.20. The van der Waals surface area contributed by atoms with Crippen molar-refractivity contribution in [1.82, 2.24) is 0 Å². The molecule has 0 radical (unpaired) electrons. The van der Waals surface area contributed by atoms with E-state index in [1.54, 1.807) is 5.12 Å². The second kappa shape index (κ2) is 4.75. The van der Waals surface area contributed by atoms with Crippen LogP contribution < -0.4 is 4.90 Å². The summed E-state index contributed by atoms with van der Waals surface area (Å²) in [5.74, 6) is 0. The third-order valence-electron chi connectivity index (χ3n) is 2.36. The fourth-order valence-electron chi connectivity index (χ4n) is 1.88. The van der Waals surface area contributed by atoms with E-state index in [4.69, 9.17) is 15.0 Å². The molecule has 0 unspecified atom stereocenters. The van der Waals surface area contributed by atoms with E-state index in [9.17, 15) is 0 Å². The summed E-state index contributed by atoms with van der Waals surface area (Å²) in [7, 11) is 0. The Hall–Kier alpha value is -0.616. The van der Waals surface area contributed by atoms with Gasteiger partial charge in [0.2, 0.25) is 0 Å². The molecule has 1 aromatic rings. The van der Waals surface area contributed by atoms with E-state index in [1.807, 2.05) is 0 Å². The van der Waals surface area contributed by atoms with Crippen LogP contribution in [0.5, 0.6) is 0 Å². The average Bonchev–Trinajstić information content (AvgIpc) is 2.10. The van der Waals surface area contributed by atoms with Gasteiger partial charge in [0.15, 0.2) is 0 Å². The van der Waals surface area contributed by atoms with Gasteiger partial charge >= 0.3 is 93.8 Å². The van der Waals surface area contributed by atoms with Crippen molar-refractivity contribution in [2.45, 2.75) is 27.7 Å². The standard InChI is InChI=1S/C12H17N.Ni/c1-6-13(5)12-10(3)7-9(2)8-11(12)4;/h5,7-8H,6H2,1-4H3;. The fourth-order valence-corrected chi connectivity index (χ4v) is 2.19. The molecule has 1 aromatic carbocycles. The minimum atomic E-state index is 0.935. The average molecular weight is 234 g/mol. The van der Waals surface area contributed by atoms with Gasteiger partial charge in [-0.25, -0.2) is 0 Å². The Morgan fingerprint density at radius 3 is 2.07 bits per heavy atom. The van der Waals surface area contributed by atoms with Crippen molar-refractivity contribution in [2.24, 2.45) is 0 Å². The van der Waals surface area contributed by atoms with Crippen LogP contribution in [0, 0.1) is 20.8 Å². The molecule has 0 aromatic heterocycles. The summed E-state index contributed by atoms with van der Waals surface area (Å²) in [5, 5.41) is 1.77. The molecule has 0 aliphatic rings. The van der Waals surface area contributed by atoms with Crippen LogP contribution in [-0.4, -0.2) is 11.7 Å². The topological polar surface area (TPSA) is 3.24 Å². The van der Waals surface area contributed by atoms with Crippen molar-refractivity contribution in [2.75, 3.05) is 11.4 Å². The minimum absolute atomic E-state index is 0.935. The second-order valence-corrected chi connectivity index (χ2v) is 3.87. The predicted octanol–water partition coefficient (Wildman–Crippen LogP) is 2.74. The number of hydrogen-bond acceptors (Lipinski definition) is 1. The number of aryl methyl sites for hydroxylation is 3. The van der Waals surface area contributed by atoms with Crippen LogP contribution in [-0.2, 0) is 15.0 Å². The summed E-state index contributed by atoms with van der Waals surface area (Å²) in [6, 6.07) is 4.41.